The lowest BCUT2D eigenvalue weighted by Gasteiger charge is -2.16. The number of nitrogens with zero attached hydrogens (tertiary/aromatic N) is 5. The van der Waals surface area contributed by atoms with Gasteiger partial charge in [0, 0.05) is 55.7 Å². The molecule has 4 heterocycles. The summed E-state index contributed by atoms with van der Waals surface area (Å²) in [5, 5.41) is 14.4. The van der Waals surface area contributed by atoms with Crippen molar-refractivity contribution < 1.29 is 19.0 Å². The molecule has 1 fully saturated rings. The number of pyridine rings is 1. The fourth-order valence-corrected chi connectivity index (χ4v) is 4.66. The average Bonchev–Trinajstić information content (AvgIpc) is 3.32. The molecule has 34 heavy (non-hydrogen) atoms. The molecule has 4 rings (SSSR count). The Hall–Kier alpha value is -2.82. The lowest BCUT2D eigenvalue weighted by Crippen LogP contribution is -2.29. The molecule has 2 aromatic heterocycles. The number of fused-ring (bicyclic) bond motifs is 1. The number of hydrogen-bond donors (Lipinski definition) is 2. The highest BCUT2D eigenvalue weighted by atomic mass is 19.1. The van der Waals surface area contributed by atoms with Crippen molar-refractivity contribution in [3.05, 3.63) is 41.2 Å². The summed E-state index contributed by atoms with van der Waals surface area (Å²) < 4.78 is 26.7. The molecule has 10 heteroatoms. The number of methoxy groups -OCH3 is 1. The fraction of sp³-hybridized carbons (Fsp3) is 0.542. The van der Waals surface area contributed by atoms with E-state index in [1.54, 1.807) is 17.1 Å². The molecule has 9 nitrogen and oxygen atoms in total. The van der Waals surface area contributed by atoms with Gasteiger partial charge in [-0.05, 0) is 32.2 Å². The van der Waals surface area contributed by atoms with E-state index in [1.165, 1.54) is 19.4 Å². The Balaban J connectivity index is 1.56. The van der Waals surface area contributed by atoms with Crippen molar-refractivity contribution in [2.45, 2.75) is 32.3 Å². The lowest BCUT2D eigenvalue weighted by molar-refractivity contribution is 0.139. The number of nitrogens with two attached hydrogens (primary N) is 1. The van der Waals surface area contributed by atoms with Gasteiger partial charge < -0.3 is 25.2 Å². The standard InChI is InChI=1S/C24H33FN6O3/c1-16(32)14-30-6-3-17(15-30)11-27-12-18(10-26)23-20-4-7-34-8-5-22(20)31(29-23)19-9-21(25)24(33-2)28-13-19/h9-10,12-13,16-17,32H,3-8,11,14-15,26H2,1-2H3/t16-,17-/m0/s1. The van der Waals surface area contributed by atoms with Gasteiger partial charge in [-0.1, -0.05) is 0 Å². The fourth-order valence-electron chi connectivity index (χ4n) is 4.66. The number of likely N-dealkylation sites (tertiary alicyclic amines) is 1. The average molecular weight is 473 g/mol. The number of hydrogen-bond acceptors (Lipinski definition) is 8. The number of aliphatic imine (C=N–C) groups is 1. The Bertz CT molecular complexity index is 1050. The van der Waals surface area contributed by atoms with Gasteiger partial charge in [-0.15, -0.1) is 0 Å². The summed E-state index contributed by atoms with van der Waals surface area (Å²) in [5.74, 6) is -0.155. The summed E-state index contributed by atoms with van der Waals surface area (Å²) in [7, 11) is 1.38. The number of halogens is 1. The molecule has 2 aromatic rings. The van der Waals surface area contributed by atoms with Gasteiger partial charge in [-0.2, -0.15) is 5.10 Å². The molecule has 2 aliphatic rings. The second-order valence-corrected chi connectivity index (χ2v) is 8.86. The number of aliphatic hydroxyl groups excluding tert-OH is 1. The topological polar surface area (TPSA) is 111 Å². The van der Waals surface area contributed by atoms with E-state index in [0.29, 0.717) is 50.8 Å². The number of allylic oxidation sites excluding steroid dienone is 1. The Labute approximate surface area is 199 Å². The van der Waals surface area contributed by atoms with Crippen LogP contribution in [0.3, 0.4) is 0 Å². The van der Waals surface area contributed by atoms with Gasteiger partial charge in [0.2, 0.25) is 5.88 Å². The van der Waals surface area contributed by atoms with Gasteiger partial charge in [0.05, 0.1) is 49.7 Å². The van der Waals surface area contributed by atoms with E-state index in [1.807, 2.05) is 6.92 Å². The third kappa shape index (κ3) is 5.45. The van der Waals surface area contributed by atoms with Gasteiger partial charge in [-0.3, -0.25) is 4.99 Å². The van der Waals surface area contributed by atoms with Crippen LogP contribution in [0.25, 0.3) is 11.3 Å². The molecule has 3 N–H and O–H groups in total. The predicted octanol–water partition coefficient (Wildman–Crippen LogP) is 1.60. The molecule has 0 aliphatic carbocycles. The SMILES string of the molecule is COc1ncc(-n2nc(C(C=NC[C@@H]3CCN(C[C@H](C)O)C3)=CN)c3c2CCOCC3)cc1F. The molecule has 0 bridgehead atoms. The van der Waals surface area contributed by atoms with E-state index in [4.69, 9.17) is 20.3 Å². The predicted molar refractivity (Wildman–Crippen MR) is 128 cm³/mol. The van der Waals surface area contributed by atoms with Crippen molar-refractivity contribution in [3.63, 3.8) is 0 Å². The normalized spacial score (nSPS) is 20.5. The number of ether oxygens (including phenoxy) is 2. The summed E-state index contributed by atoms with van der Waals surface area (Å²) in [6, 6.07) is 1.37. The van der Waals surface area contributed by atoms with Crippen LogP contribution in [0.15, 0.2) is 23.5 Å². The maximum absolute atomic E-state index is 14.4. The number of rotatable bonds is 8. The first-order valence-corrected chi connectivity index (χ1v) is 11.7. The summed E-state index contributed by atoms with van der Waals surface area (Å²) in [4.78, 5) is 11.0. The van der Waals surface area contributed by atoms with Gasteiger partial charge in [0.1, 0.15) is 0 Å². The Morgan fingerprint density at radius 1 is 1.44 bits per heavy atom. The van der Waals surface area contributed by atoms with Crippen LogP contribution < -0.4 is 10.5 Å². The zero-order chi connectivity index (χ0) is 24.1. The van der Waals surface area contributed by atoms with Crippen LogP contribution in [0, 0.1) is 11.7 Å². The van der Waals surface area contributed by atoms with Crippen molar-refractivity contribution in [3.8, 4) is 11.6 Å². The van der Waals surface area contributed by atoms with E-state index >= 15 is 0 Å². The molecule has 0 saturated carbocycles. The molecule has 2 aliphatic heterocycles. The highest BCUT2D eigenvalue weighted by Crippen LogP contribution is 2.27. The highest BCUT2D eigenvalue weighted by Gasteiger charge is 2.25. The van der Waals surface area contributed by atoms with Crippen LogP contribution in [0.4, 0.5) is 4.39 Å². The van der Waals surface area contributed by atoms with Crippen molar-refractivity contribution in [1.82, 2.24) is 19.7 Å². The second kappa shape index (κ2) is 11.1. The maximum Gasteiger partial charge on any atom is 0.250 e. The minimum atomic E-state index is -0.548. The van der Waals surface area contributed by atoms with Crippen LogP contribution >= 0.6 is 0 Å². The summed E-state index contributed by atoms with van der Waals surface area (Å²) in [6.07, 6.45) is 6.90. The van der Waals surface area contributed by atoms with Crippen molar-refractivity contribution in [1.29, 1.82) is 0 Å². The van der Waals surface area contributed by atoms with Gasteiger partial charge in [0.15, 0.2) is 5.82 Å². The van der Waals surface area contributed by atoms with E-state index in [9.17, 15) is 9.50 Å². The van der Waals surface area contributed by atoms with E-state index in [0.717, 1.165) is 42.0 Å². The Kier molecular flexibility index (Phi) is 7.91. The first-order chi connectivity index (χ1) is 16.5. The molecule has 2 atom stereocenters. The van der Waals surface area contributed by atoms with Crippen LogP contribution in [0.5, 0.6) is 5.88 Å². The van der Waals surface area contributed by atoms with Crippen molar-refractivity contribution in [2.75, 3.05) is 46.5 Å². The van der Waals surface area contributed by atoms with Gasteiger partial charge >= 0.3 is 0 Å². The van der Waals surface area contributed by atoms with Gasteiger partial charge in [-0.25, -0.2) is 14.1 Å². The molecule has 0 aromatic carbocycles. The molecular formula is C24H33FN6O3. The number of aliphatic hydroxyl groups is 1. The quantitative estimate of drug-likeness (QED) is 0.562. The first-order valence-electron chi connectivity index (χ1n) is 11.7. The molecule has 1 saturated heterocycles. The second-order valence-electron chi connectivity index (χ2n) is 8.86. The monoisotopic (exact) mass is 472 g/mol. The van der Waals surface area contributed by atoms with Gasteiger partial charge in [0.25, 0.3) is 0 Å². The molecule has 0 unspecified atom stereocenters. The van der Waals surface area contributed by atoms with E-state index in [2.05, 4.69) is 14.9 Å². The first kappa shape index (κ1) is 24.3. The number of β-amino-alcohol motifs (C(OH)–C–C–N with tert-alkyl or cyclic N) is 1. The minimum Gasteiger partial charge on any atom is -0.479 e. The zero-order valence-corrected chi connectivity index (χ0v) is 19.8. The third-order valence-corrected chi connectivity index (χ3v) is 6.24. The molecule has 0 radical (unpaired) electrons. The van der Waals surface area contributed by atoms with Crippen molar-refractivity contribution in [2.24, 2.45) is 16.6 Å². The third-order valence-electron chi connectivity index (χ3n) is 6.24. The smallest absolute Gasteiger partial charge is 0.250 e. The largest absolute Gasteiger partial charge is 0.479 e. The summed E-state index contributed by atoms with van der Waals surface area (Å²) in [6.45, 7) is 6.25. The molecule has 184 valence electrons. The van der Waals surface area contributed by atoms with E-state index < -0.39 is 5.82 Å². The van der Waals surface area contributed by atoms with Crippen LogP contribution in [-0.2, 0) is 17.6 Å². The Morgan fingerprint density at radius 3 is 3.00 bits per heavy atom. The van der Waals surface area contributed by atoms with Crippen molar-refractivity contribution >= 4 is 11.8 Å². The number of aromatic nitrogens is 3. The molecular weight excluding hydrogens is 439 g/mol. The van der Waals surface area contributed by atoms with Crippen LogP contribution in [0.2, 0.25) is 0 Å². The summed E-state index contributed by atoms with van der Waals surface area (Å²) in [5.41, 5.74) is 9.94. The minimum absolute atomic E-state index is 0.0563. The summed E-state index contributed by atoms with van der Waals surface area (Å²) >= 11 is 0. The van der Waals surface area contributed by atoms with Crippen LogP contribution in [0.1, 0.15) is 30.3 Å². The molecule has 0 amide bonds. The Morgan fingerprint density at radius 2 is 2.26 bits per heavy atom. The molecule has 0 spiro atoms. The van der Waals surface area contributed by atoms with E-state index in [-0.39, 0.29) is 12.0 Å². The maximum atomic E-state index is 14.4. The highest BCUT2D eigenvalue weighted by molar-refractivity contribution is 6.09. The lowest BCUT2D eigenvalue weighted by atomic mass is 10.0. The van der Waals surface area contributed by atoms with Crippen LogP contribution in [-0.4, -0.2) is 83.6 Å². The zero-order valence-electron chi connectivity index (χ0n) is 19.8.